The Hall–Kier alpha value is -2.96. The summed E-state index contributed by atoms with van der Waals surface area (Å²) in [5.41, 5.74) is 2.66. The smallest absolute Gasteiger partial charge is 0.167 e. The number of hydrogen-bond acceptors (Lipinski definition) is 7. The second kappa shape index (κ2) is 9.12. The lowest BCUT2D eigenvalue weighted by Gasteiger charge is -2.20. The maximum Gasteiger partial charge on any atom is 0.167 e. The molecule has 1 saturated heterocycles. The van der Waals surface area contributed by atoms with Gasteiger partial charge in [-0.3, -0.25) is 0 Å². The Labute approximate surface area is 192 Å². The highest BCUT2D eigenvalue weighted by Gasteiger charge is 2.54. The van der Waals surface area contributed by atoms with Gasteiger partial charge in [-0.1, -0.05) is 17.0 Å². The summed E-state index contributed by atoms with van der Waals surface area (Å²) in [5.74, 6) is 9.58. The van der Waals surface area contributed by atoms with Gasteiger partial charge < -0.3 is 29.3 Å². The van der Waals surface area contributed by atoms with E-state index in [9.17, 15) is 10.2 Å². The van der Waals surface area contributed by atoms with Crippen molar-refractivity contribution in [3.63, 3.8) is 0 Å². The predicted octanol–water partition coefficient (Wildman–Crippen LogP) is 1.52. The fourth-order valence-electron chi connectivity index (χ4n) is 4.74. The van der Waals surface area contributed by atoms with Crippen molar-refractivity contribution in [1.82, 2.24) is 19.6 Å². The number of β-amino-alcohol motifs (C(OH)–C–C–N with tert-alkyl or cyclic N) is 1. The lowest BCUT2D eigenvalue weighted by atomic mass is 10.1. The molecule has 3 unspecified atom stereocenters. The molecular formula is C25H28N4O4. The quantitative estimate of drug-likeness (QED) is 0.471. The molecule has 4 atom stereocenters. The van der Waals surface area contributed by atoms with Crippen molar-refractivity contribution in [3.8, 4) is 23.2 Å². The van der Waals surface area contributed by atoms with Gasteiger partial charge in [-0.15, -0.1) is 0 Å². The summed E-state index contributed by atoms with van der Waals surface area (Å²) in [4.78, 5) is 6.39. The second-order valence-electron chi connectivity index (χ2n) is 9.03. The molecule has 172 valence electrons. The summed E-state index contributed by atoms with van der Waals surface area (Å²) in [6, 6.07) is 9.86. The minimum absolute atomic E-state index is 0.186. The Bertz CT molecular complexity index is 1150. The summed E-state index contributed by atoms with van der Waals surface area (Å²) in [5, 5.41) is 32.5. The van der Waals surface area contributed by atoms with Gasteiger partial charge in [-0.05, 0) is 43.0 Å². The maximum absolute atomic E-state index is 9.80. The van der Waals surface area contributed by atoms with Crippen LogP contribution in [0.1, 0.15) is 30.1 Å². The van der Waals surface area contributed by atoms with Crippen LogP contribution in [0.25, 0.3) is 11.3 Å². The number of aromatic nitrogens is 3. The van der Waals surface area contributed by atoms with Gasteiger partial charge in [0.25, 0.3) is 0 Å². The van der Waals surface area contributed by atoms with Crippen LogP contribution in [0.15, 0.2) is 47.2 Å². The molecule has 1 aliphatic heterocycles. The molecule has 0 radical (unpaired) electrons. The molecule has 8 nitrogen and oxygen atoms in total. The zero-order chi connectivity index (χ0) is 22.9. The van der Waals surface area contributed by atoms with E-state index in [2.05, 4.69) is 26.9 Å². The molecule has 1 aromatic carbocycles. The average molecular weight is 449 g/mol. The average Bonchev–Trinajstić information content (AvgIpc) is 3.30. The van der Waals surface area contributed by atoms with Gasteiger partial charge in [0.2, 0.25) is 0 Å². The van der Waals surface area contributed by atoms with E-state index in [4.69, 9.17) is 9.63 Å². The van der Waals surface area contributed by atoms with E-state index in [0.29, 0.717) is 42.4 Å². The van der Waals surface area contributed by atoms with E-state index >= 15 is 0 Å². The van der Waals surface area contributed by atoms with Gasteiger partial charge in [0.1, 0.15) is 17.6 Å². The minimum Gasteiger partial charge on any atom is -0.394 e. The number of piperidine rings is 1. The van der Waals surface area contributed by atoms with Gasteiger partial charge >= 0.3 is 0 Å². The standard InChI is InChI=1S/C25H28N4O4/c1-16(31)25-26-8-9-29(25)11-19-10-24(33-27-19)18-5-2-17(3-6-18)4-7-21-22-13-28(14-23(21)22)12-20(32)15-30/h2-3,5-6,8-10,16,20-23,30-32H,11-15H2,1H3/t16-,20?,21?,22?,23?/m0/s1. The molecule has 2 fully saturated rings. The highest BCUT2D eigenvalue weighted by Crippen LogP contribution is 2.51. The Morgan fingerprint density at radius 1 is 1.18 bits per heavy atom. The molecule has 0 amide bonds. The van der Waals surface area contributed by atoms with Crippen molar-refractivity contribution in [1.29, 1.82) is 0 Å². The molecule has 33 heavy (non-hydrogen) atoms. The Morgan fingerprint density at radius 3 is 2.64 bits per heavy atom. The van der Waals surface area contributed by atoms with Crippen molar-refractivity contribution < 1.29 is 19.8 Å². The van der Waals surface area contributed by atoms with Crippen LogP contribution in [0.5, 0.6) is 0 Å². The van der Waals surface area contributed by atoms with Crippen LogP contribution >= 0.6 is 0 Å². The molecule has 0 bridgehead atoms. The number of aliphatic hydroxyl groups excluding tert-OH is 3. The summed E-state index contributed by atoms with van der Waals surface area (Å²) in [6.07, 6.45) is 2.18. The molecular weight excluding hydrogens is 420 g/mol. The summed E-state index contributed by atoms with van der Waals surface area (Å²) < 4.78 is 7.38. The van der Waals surface area contributed by atoms with E-state index < -0.39 is 12.2 Å². The number of fused-ring (bicyclic) bond motifs is 1. The van der Waals surface area contributed by atoms with Gasteiger partial charge in [-0.2, -0.15) is 0 Å². The van der Waals surface area contributed by atoms with E-state index in [1.165, 1.54) is 0 Å². The van der Waals surface area contributed by atoms with Crippen molar-refractivity contribution in [3.05, 3.63) is 59.8 Å². The van der Waals surface area contributed by atoms with Crippen LogP contribution in [0.2, 0.25) is 0 Å². The first kappa shape index (κ1) is 21.9. The van der Waals surface area contributed by atoms with Crippen LogP contribution in [-0.4, -0.2) is 67.3 Å². The van der Waals surface area contributed by atoms with Crippen molar-refractivity contribution >= 4 is 0 Å². The topological polar surface area (TPSA) is 108 Å². The van der Waals surface area contributed by atoms with Crippen LogP contribution in [0.4, 0.5) is 0 Å². The predicted molar refractivity (Wildman–Crippen MR) is 121 cm³/mol. The first-order valence-corrected chi connectivity index (χ1v) is 11.3. The Kier molecular flexibility index (Phi) is 6.04. The van der Waals surface area contributed by atoms with Crippen LogP contribution in [0, 0.1) is 29.6 Å². The number of imidazole rings is 1. The summed E-state index contributed by atoms with van der Waals surface area (Å²) >= 11 is 0. The van der Waals surface area contributed by atoms with Gasteiger partial charge in [0.15, 0.2) is 5.76 Å². The number of rotatable bonds is 7. The zero-order valence-electron chi connectivity index (χ0n) is 18.5. The molecule has 3 heterocycles. The van der Waals surface area contributed by atoms with E-state index in [0.717, 1.165) is 29.9 Å². The van der Waals surface area contributed by atoms with E-state index in [1.54, 1.807) is 13.1 Å². The lowest BCUT2D eigenvalue weighted by Crippen LogP contribution is -2.34. The number of benzene rings is 1. The van der Waals surface area contributed by atoms with Crippen molar-refractivity contribution in [2.75, 3.05) is 26.2 Å². The molecule has 3 aromatic rings. The minimum atomic E-state index is -0.654. The summed E-state index contributed by atoms with van der Waals surface area (Å²) in [6.45, 7) is 4.42. The molecule has 5 rings (SSSR count). The number of likely N-dealkylation sites (tertiary alicyclic amines) is 1. The fourth-order valence-corrected chi connectivity index (χ4v) is 4.74. The molecule has 8 heteroatoms. The number of aliphatic hydroxyl groups is 3. The molecule has 3 N–H and O–H groups in total. The highest BCUT2D eigenvalue weighted by molar-refractivity contribution is 5.59. The first-order valence-electron chi connectivity index (χ1n) is 11.3. The van der Waals surface area contributed by atoms with Gasteiger partial charge in [-0.25, -0.2) is 4.98 Å². The Morgan fingerprint density at radius 2 is 1.94 bits per heavy atom. The van der Waals surface area contributed by atoms with E-state index in [1.807, 2.05) is 41.1 Å². The fraction of sp³-hybridized carbons (Fsp3) is 0.440. The molecule has 1 saturated carbocycles. The monoisotopic (exact) mass is 448 g/mol. The van der Waals surface area contributed by atoms with Crippen molar-refractivity contribution in [2.45, 2.75) is 25.7 Å². The molecule has 2 aromatic heterocycles. The molecule has 2 aliphatic rings. The lowest BCUT2D eigenvalue weighted by molar-refractivity contribution is 0.0622. The summed E-state index contributed by atoms with van der Waals surface area (Å²) in [7, 11) is 0. The largest absolute Gasteiger partial charge is 0.394 e. The normalized spacial score (nSPS) is 23.6. The third-order valence-corrected chi connectivity index (χ3v) is 6.51. The van der Waals surface area contributed by atoms with E-state index in [-0.39, 0.29) is 6.61 Å². The maximum atomic E-state index is 9.80. The highest BCUT2D eigenvalue weighted by atomic mass is 16.5. The van der Waals surface area contributed by atoms with Gasteiger partial charge in [0, 0.05) is 55.1 Å². The number of hydrogen-bond donors (Lipinski definition) is 3. The third kappa shape index (κ3) is 4.72. The van der Waals surface area contributed by atoms with Crippen LogP contribution < -0.4 is 0 Å². The van der Waals surface area contributed by atoms with Crippen LogP contribution in [0.3, 0.4) is 0 Å². The second-order valence-corrected chi connectivity index (χ2v) is 9.03. The Balaban J connectivity index is 1.17. The third-order valence-electron chi connectivity index (χ3n) is 6.51. The zero-order valence-corrected chi connectivity index (χ0v) is 18.5. The van der Waals surface area contributed by atoms with Gasteiger partial charge in [0.05, 0.1) is 19.3 Å². The number of nitrogens with zero attached hydrogens (tertiary/aromatic N) is 4. The van der Waals surface area contributed by atoms with Crippen molar-refractivity contribution in [2.24, 2.45) is 17.8 Å². The van der Waals surface area contributed by atoms with Crippen LogP contribution in [-0.2, 0) is 6.54 Å². The SMILES string of the molecule is C[C@H](O)c1nccn1Cc1cc(-c2ccc(C#CC3C4CN(CC(O)CO)CC34)cc2)on1. The first-order chi connectivity index (χ1) is 16.0. The molecule has 1 aliphatic carbocycles. The molecule has 0 spiro atoms.